The maximum atomic E-state index is 12.8. The summed E-state index contributed by atoms with van der Waals surface area (Å²) < 4.78 is 5.54. The number of carbonyl (C=O) groups excluding carboxylic acids is 2. The van der Waals surface area contributed by atoms with Crippen molar-refractivity contribution in [3.8, 4) is 11.3 Å². The lowest BCUT2D eigenvalue weighted by Crippen LogP contribution is -2.44. The number of benzene rings is 1. The average molecular weight is 390 g/mol. The molecule has 0 bridgehead atoms. The zero-order valence-corrected chi connectivity index (χ0v) is 16.2. The maximum absolute atomic E-state index is 12.8. The van der Waals surface area contributed by atoms with E-state index in [-0.39, 0.29) is 11.8 Å². The Morgan fingerprint density at radius 1 is 1.17 bits per heavy atom. The first-order valence-electron chi connectivity index (χ1n) is 9.54. The van der Waals surface area contributed by atoms with Crippen LogP contribution >= 0.6 is 0 Å². The summed E-state index contributed by atoms with van der Waals surface area (Å²) in [7, 11) is 1.62. The van der Waals surface area contributed by atoms with Gasteiger partial charge in [-0.3, -0.25) is 14.6 Å². The second kappa shape index (κ2) is 7.87. The zero-order chi connectivity index (χ0) is 20.3. The van der Waals surface area contributed by atoms with Gasteiger partial charge in [-0.2, -0.15) is 0 Å². The first-order chi connectivity index (χ1) is 14.1. The lowest BCUT2D eigenvalue weighted by Gasteiger charge is -2.26. The molecular weight excluding hydrogens is 368 g/mol. The number of nitrogens with zero attached hydrogens (tertiary/aromatic N) is 3. The largest absolute Gasteiger partial charge is 0.361 e. The summed E-state index contributed by atoms with van der Waals surface area (Å²) in [5, 5.41) is 6.91. The molecule has 1 N–H and O–H groups in total. The van der Waals surface area contributed by atoms with Crippen molar-refractivity contribution in [1.82, 2.24) is 20.4 Å². The van der Waals surface area contributed by atoms with Crippen molar-refractivity contribution in [1.29, 1.82) is 0 Å². The fourth-order valence-corrected chi connectivity index (χ4v) is 3.87. The third-order valence-corrected chi connectivity index (χ3v) is 5.42. The van der Waals surface area contributed by atoms with E-state index in [1.807, 2.05) is 36.4 Å². The number of pyridine rings is 1. The molecule has 3 aromatic rings. The Labute approximate surface area is 168 Å². The first kappa shape index (κ1) is 18.9. The summed E-state index contributed by atoms with van der Waals surface area (Å²) in [4.78, 5) is 31.3. The Morgan fingerprint density at radius 2 is 1.93 bits per heavy atom. The summed E-state index contributed by atoms with van der Waals surface area (Å²) in [6.45, 7) is 0.837. The number of likely N-dealkylation sites (tertiary alicyclic amines) is 1. The monoisotopic (exact) mass is 390 g/mol. The molecule has 1 aromatic carbocycles. The van der Waals surface area contributed by atoms with E-state index in [2.05, 4.69) is 15.5 Å². The van der Waals surface area contributed by atoms with E-state index < -0.39 is 5.41 Å². The molecule has 7 heteroatoms. The van der Waals surface area contributed by atoms with Crippen LogP contribution in [-0.2, 0) is 11.2 Å². The second-order valence-corrected chi connectivity index (χ2v) is 7.29. The van der Waals surface area contributed by atoms with Gasteiger partial charge in [-0.05, 0) is 18.6 Å². The Bertz CT molecular complexity index is 1000. The molecule has 1 aliphatic heterocycles. The average Bonchev–Trinajstić information content (AvgIpc) is 3.42. The number of nitrogens with one attached hydrogen (secondary N) is 1. The van der Waals surface area contributed by atoms with Crippen LogP contribution in [0.5, 0.6) is 0 Å². The lowest BCUT2D eigenvalue weighted by molar-refractivity contribution is -0.130. The van der Waals surface area contributed by atoms with Crippen LogP contribution in [0.15, 0.2) is 65.4 Å². The van der Waals surface area contributed by atoms with Gasteiger partial charge < -0.3 is 14.7 Å². The third-order valence-electron chi connectivity index (χ3n) is 5.42. The topological polar surface area (TPSA) is 88.3 Å². The fourth-order valence-electron chi connectivity index (χ4n) is 3.87. The molecule has 7 nitrogen and oxygen atoms in total. The smallest absolute Gasteiger partial charge is 0.253 e. The fraction of sp³-hybridized carbons (Fsp3) is 0.273. The summed E-state index contributed by atoms with van der Waals surface area (Å²) in [6.07, 6.45) is 4.13. The molecule has 3 heterocycles. The SMILES string of the molecule is CNC(=O)C1(Cc2cc(-c3ccccc3)no2)CCN(C(=O)c2ccncc2)C1. The highest BCUT2D eigenvalue weighted by atomic mass is 16.5. The van der Waals surface area contributed by atoms with Gasteiger partial charge in [0, 0.05) is 56.1 Å². The van der Waals surface area contributed by atoms with Gasteiger partial charge in [0.05, 0.1) is 5.41 Å². The predicted octanol–water partition coefficient (Wildman–Crippen LogP) is 2.56. The van der Waals surface area contributed by atoms with Crippen molar-refractivity contribution in [2.45, 2.75) is 12.8 Å². The number of hydrogen-bond acceptors (Lipinski definition) is 5. The molecule has 1 unspecified atom stereocenters. The van der Waals surface area contributed by atoms with Gasteiger partial charge in [0.1, 0.15) is 11.5 Å². The molecule has 2 amide bonds. The molecule has 0 saturated carbocycles. The quantitative estimate of drug-likeness (QED) is 0.723. The van der Waals surface area contributed by atoms with Crippen LogP contribution in [0.1, 0.15) is 22.5 Å². The standard InChI is InChI=1S/C22H22N4O3/c1-23-21(28)22(9-12-26(15-22)20(27)17-7-10-24-11-8-17)14-18-13-19(25-29-18)16-5-3-2-4-6-16/h2-8,10-11,13H,9,12,14-15H2,1H3,(H,23,28). The van der Waals surface area contributed by atoms with Crippen molar-refractivity contribution in [3.63, 3.8) is 0 Å². The highest BCUT2D eigenvalue weighted by Gasteiger charge is 2.46. The summed E-state index contributed by atoms with van der Waals surface area (Å²) >= 11 is 0. The Hall–Kier alpha value is -3.48. The van der Waals surface area contributed by atoms with E-state index in [1.54, 1.807) is 36.5 Å². The van der Waals surface area contributed by atoms with E-state index in [1.165, 1.54) is 0 Å². The zero-order valence-electron chi connectivity index (χ0n) is 16.2. The minimum atomic E-state index is -0.745. The lowest BCUT2D eigenvalue weighted by atomic mass is 9.81. The number of amides is 2. The van der Waals surface area contributed by atoms with Gasteiger partial charge in [0.2, 0.25) is 5.91 Å². The molecule has 0 aliphatic carbocycles. The Balaban J connectivity index is 1.55. The van der Waals surface area contributed by atoms with Gasteiger partial charge >= 0.3 is 0 Å². The van der Waals surface area contributed by atoms with Crippen LogP contribution in [0.2, 0.25) is 0 Å². The third kappa shape index (κ3) is 3.76. The molecule has 148 valence electrons. The number of hydrogen-bond donors (Lipinski definition) is 1. The van der Waals surface area contributed by atoms with Gasteiger partial charge in [-0.15, -0.1) is 0 Å². The molecule has 1 aliphatic rings. The number of rotatable bonds is 5. The number of aromatic nitrogens is 2. The van der Waals surface area contributed by atoms with E-state index in [0.717, 1.165) is 11.3 Å². The summed E-state index contributed by atoms with van der Waals surface area (Å²) in [5.74, 6) is 0.437. The van der Waals surface area contributed by atoms with Gasteiger partial charge in [-0.25, -0.2) is 0 Å². The van der Waals surface area contributed by atoms with Crippen molar-refractivity contribution in [2.75, 3.05) is 20.1 Å². The number of carbonyl (C=O) groups is 2. The molecule has 0 radical (unpaired) electrons. The Kier molecular flexibility index (Phi) is 5.12. The van der Waals surface area contributed by atoms with Crippen LogP contribution in [0, 0.1) is 5.41 Å². The first-order valence-corrected chi connectivity index (χ1v) is 9.54. The molecular formula is C22H22N4O3. The molecule has 29 heavy (non-hydrogen) atoms. The van der Waals surface area contributed by atoms with E-state index >= 15 is 0 Å². The summed E-state index contributed by atoms with van der Waals surface area (Å²) in [5.41, 5.74) is 1.51. The molecule has 1 atom stereocenters. The van der Waals surface area contributed by atoms with Gasteiger partial charge in [0.15, 0.2) is 0 Å². The molecule has 1 fully saturated rings. The predicted molar refractivity (Wildman–Crippen MR) is 107 cm³/mol. The minimum Gasteiger partial charge on any atom is -0.361 e. The van der Waals surface area contributed by atoms with Crippen molar-refractivity contribution >= 4 is 11.8 Å². The van der Waals surface area contributed by atoms with Crippen LogP contribution < -0.4 is 5.32 Å². The van der Waals surface area contributed by atoms with Crippen molar-refractivity contribution in [3.05, 3.63) is 72.2 Å². The van der Waals surface area contributed by atoms with E-state index in [0.29, 0.717) is 37.3 Å². The molecule has 2 aromatic heterocycles. The normalized spacial score (nSPS) is 18.6. The van der Waals surface area contributed by atoms with Gasteiger partial charge in [0.25, 0.3) is 5.91 Å². The van der Waals surface area contributed by atoms with Gasteiger partial charge in [-0.1, -0.05) is 35.5 Å². The second-order valence-electron chi connectivity index (χ2n) is 7.29. The highest BCUT2D eigenvalue weighted by molar-refractivity contribution is 5.95. The van der Waals surface area contributed by atoms with E-state index in [4.69, 9.17) is 4.52 Å². The van der Waals surface area contributed by atoms with Crippen LogP contribution in [-0.4, -0.2) is 47.0 Å². The molecule has 1 saturated heterocycles. The van der Waals surface area contributed by atoms with Crippen molar-refractivity contribution < 1.29 is 14.1 Å². The van der Waals surface area contributed by atoms with Crippen LogP contribution in [0.4, 0.5) is 0 Å². The van der Waals surface area contributed by atoms with Crippen LogP contribution in [0.25, 0.3) is 11.3 Å². The Morgan fingerprint density at radius 3 is 2.66 bits per heavy atom. The van der Waals surface area contributed by atoms with Crippen molar-refractivity contribution in [2.24, 2.45) is 5.41 Å². The molecule has 0 spiro atoms. The highest BCUT2D eigenvalue weighted by Crippen LogP contribution is 2.36. The minimum absolute atomic E-state index is 0.0966. The molecule has 4 rings (SSSR count). The maximum Gasteiger partial charge on any atom is 0.253 e. The van der Waals surface area contributed by atoms with E-state index in [9.17, 15) is 9.59 Å². The van der Waals surface area contributed by atoms with Crippen LogP contribution in [0.3, 0.4) is 0 Å². The summed E-state index contributed by atoms with van der Waals surface area (Å²) in [6, 6.07) is 15.0.